The lowest BCUT2D eigenvalue weighted by molar-refractivity contribution is 1.33. The highest BCUT2D eigenvalue weighted by Gasteiger charge is 1.98. The minimum atomic E-state index is 0.637. The topological polar surface area (TPSA) is 50.9 Å². The summed E-state index contributed by atoms with van der Waals surface area (Å²) in [5.41, 5.74) is 8.26. The lowest BCUT2D eigenvalue weighted by Gasteiger charge is -2.08. The van der Waals surface area contributed by atoms with Crippen molar-refractivity contribution in [3.63, 3.8) is 0 Å². The third kappa shape index (κ3) is 2.47. The lowest BCUT2D eigenvalue weighted by Crippen LogP contribution is -1.96. The molecule has 1 aromatic heterocycles. The average Bonchev–Trinajstić information content (AvgIpc) is 2.22. The van der Waals surface area contributed by atoms with Gasteiger partial charge in [0.1, 0.15) is 0 Å². The molecule has 0 unspecified atom stereocenters. The molecule has 0 radical (unpaired) electrons. The number of pyridine rings is 1. The van der Waals surface area contributed by atoms with Crippen LogP contribution in [0.5, 0.6) is 0 Å². The molecule has 3 nitrogen and oxygen atoms in total. The Balaban J connectivity index is 2.26. The zero-order chi connectivity index (χ0) is 10.7. The molecule has 0 atom stereocenters. The number of nitrogen functional groups attached to an aromatic ring is 1. The van der Waals surface area contributed by atoms with Crippen LogP contribution in [-0.4, -0.2) is 4.98 Å². The van der Waals surface area contributed by atoms with Gasteiger partial charge in [0.25, 0.3) is 0 Å². The van der Waals surface area contributed by atoms with Gasteiger partial charge < -0.3 is 11.1 Å². The fourth-order valence-electron chi connectivity index (χ4n) is 1.24. The van der Waals surface area contributed by atoms with Crippen LogP contribution >= 0.6 is 15.9 Å². The second-order valence-electron chi connectivity index (χ2n) is 3.10. The fourth-order valence-corrected chi connectivity index (χ4v) is 1.64. The number of halogens is 1. The van der Waals surface area contributed by atoms with Crippen molar-refractivity contribution >= 4 is 33.0 Å². The number of aromatic nitrogens is 1. The summed E-state index contributed by atoms with van der Waals surface area (Å²) in [7, 11) is 0. The van der Waals surface area contributed by atoms with Crippen molar-refractivity contribution in [2.45, 2.75) is 0 Å². The van der Waals surface area contributed by atoms with Crippen LogP contribution in [0.25, 0.3) is 0 Å². The van der Waals surface area contributed by atoms with Gasteiger partial charge in [0.15, 0.2) is 0 Å². The molecule has 2 aromatic rings. The minimum absolute atomic E-state index is 0.637. The molecule has 15 heavy (non-hydrogen) atoms. The van der Waals surface area contributed by atoms with Crippen molar-refractivity contribution in [1.82, 2.24) is 4.98 Å². The minimum Gasteiger partial charge on any atom is -0.396 e. The Labute approximate surface area is 96.5 Å². The van der Waals surface area contributed by atoms with Gasteiger partial charge in [0, 0.05) is 16.4 Å². The molecule has 0 aliphatic heterocycles. The Hall–Kier alpha value is -1.55. The molecule has 1 aromatic carbocycles. The molecule has 0 saturated heterocycles. The van der Waals surface area contributed by atoms with Gasteiger partial charge in [-0.1, -0.05) is 22.0 Å². The number of benzene rings is 1. The summed E-state index contributed by atoms with van der Waals surface area (Å²) in [5, 5.41) is 3.22. The molecule has 0 spiro atoms. The first-order chi connectivity index (χ1) is 7.25. The fraction of sp³-hybridized carbons (Fsp3) is 0. The number of hydrogen-bond donors (Lipinski definition) is 2. The van der Waals surface area contributed by atoms with Gasteiger partial charge in [-0.25, -0.2) is 0 Å². The summed E-state index contributed by atoms with van der Waals surface area (Å²) < 4.78 is 1.03. The van der Waals surface area contributed by atoms with Crippen LogP contribution < -0.4 is 11.1 Å². The Morgan fingerprint density at radius 1 is 1.27 bits per heavy atom. The SMILES string of the molecule is Nc1cnccc1Nc1cccc(Br)c1. The van der Waals surface area contributed by atoms with Gasteiger partial charge in [-0.3, -0.25) is 4.98 Å². The van der Waals surface area contributed by atoms with E-state index in [-0.39, 0.29) is 0 Å². The molecule has 0 fully saturated rings. The van der Waals surface area contributed by atoms with E-state index in [2.05, 4.69) is 26.2 Å². The Bertz CT molecular complexity index is 471. The molecule has 0 amide bonds. The summed E-state index contributed by atoms with van der Waals surface area (Å²) >= 11 is 3.41. The number of nitrogens with zero attached hydrogens (tertiary/aromatic N) is 1. The molecule has 0 saturated carbocycles. The molecule has 4 heteroatoms. The number of hydrogen-bond acceptors (Lipinski definition) is 3. The third-order valence-electron chi connectivity index (χ3n) is 1.96. The Morgan fingerprint density at radius 3 is 2.87 bits per heavy atom. The van der Waals surface area contributed by atoms with Gasteiger partial charge in [0.2, 0.25) is 0 Å². The second-order valence-corrected chi connectivity index (χ2v) is 4.01. The quantitative estimate of drug-likeness (QED) is 0.875. The van der Waals surface area contributed by atoms with Crippen LogP contribution in [0.3, 0.4) is 0 Å². The highest BCUT2D eigenvalue weighted by atomic mass is 79.9. The van der Waals surface area contributed by atoms with Crippen LogP contribution in [-0.2, 0) is 0 Å². The number of nitrogens with one attached hydrogen (secondary N) is 1. The molecule has 76 valence electrons. The van der Waals surface area contributed by atoms with E-state index >= 15 is 0 Å². The maximum atomic E-state index is 5.77. The Kier molecular flexibility index (Phi) is 2.87. The van der Waals surface area contributed by atoms with E-state index in [9.17, 15) is 0 Å². The predicted octanol–water partition coefficient (Wildman–Crippen LogP) is 3.17. The standard InChI is InChI=1S/C11H10BrN3/c12-8-2-1-3-9(6-8)15-11-4-5-14-7-10(11)13/h1-7H,13H2,(H,14,15). The van der Waals surface area contributed by atoms with Crippen LogP contribution in [0.1, 0.15) is 0 Å². The number of anilines is 3. The summed E-state index contributed by atoms with van der Waals surface area (Å²) in [5.74, 6) is 0. The van der Waals surface area contributed by atoms with Gasteiger partial charge in [-0.15, -0.1) is 0 Å². The van der Waals surface area contributed by atoms with E-state index < -0.39 is 0 Å². The van der Waals surface area contributed by atoms with Crippen molar-refractivity contribution in [2.75, 3.05) is 11.1 Å². The summed E-state index contributed by atoms with van der Waals surface area (Å²) in [4.78, 5) is 3.93. The first kappa shape index (κ1) is 9.98. The zero-order valence-corrected chi connectivity index (χ0v) is 9.53. The van der Waals surface area contributed by atoms with Crippen molar-refractivity contribution in [3.05, 3.63) is 47.2 Å². The predicted molar refractivity (Wildman–Crippen MR) is 66.1 cm³/mol. The zero-order valence-electron chi connectivity index (χ0n) is 7.94. The second kappa shape index (κ2) is 4.31. The normalized spacial score (nSPS) is 9.93. The number of nitrogens with two attached hydrogens (primary N) is 1. The van der Waals surface area contributed by atoms with Crippen molar-refractivity contribution in [3.8, 4) is 0 Å². The largest absolute Gasteiger partial charge is 0.396 e. The molecule has 2 rings (SSSR count). The Morgan fingerprint density at radius 2 is 2.13 bits per heavy atom. The van der Waals surface area contributed by atoms with E-state index in [1.54, 1.807) is 12.4 Å². The van der Waals surface area contributed by atoms with E-state index in [1.165, 1.54) is 0 Å². The van der Waals surface area contributed by atoms with Crippen molar-refractivity contribution in [1.29, 1.82) is 0 Å². The highest BCUT2D eigenvalue weighted by molar-refractivity contribution is 9.10. The van der Waals surface area contributed by atoms with Gasteiger partial charge in [-0.2, -0.15) is 0 Å². The maximum Gasteiger partial charge on any atom is 0.0739 e. The van der Waals surface area contributed by atoms with Gasteiger partial charge >= 0.3 is 0 Å². The lowest BCUT2D eigenvalue weighted by atomic mass is 10.3. The summed E-state index contributed by atoms with van der Waals surface area (Å²) in [6.45, 7) is 0. The molecule has 0 aliphatic rings. The first-order valence-electron chi connectivity index (χ1n) is 4.48. The monoisotopic (exact) mass is 263 g/mol. The molecule has 1 heterocycles. The van der Waals surface area contributed by atoms with Crippen molar-refractivity contribution in [2.24, 2.45) is 0 Å². The smallest absolute Gasteiger partial charge is 0.0739 e. The molecule has 0 bridgehead atoms. The number of rotatable bonds is 2. The van der Waals surface area contributed by atoms with Crippen LogP contribution in [0, 0.1) is 0 Å². The van der Waals surface area contributed by atoms with Gasteiger partial charge in [0.05, 0.1) is 17.6 Å². The van der Waals surface area contributed by atoms with E-state index in [0.29, 0.717) is 5.69 Å². The van der Waals surface area contributed by atoms with E-state index in [4.69, 9.17) is 5.73 Å². The molecule has 0 aliphatic carbocycles. The van der Waals surface area contributed by atoms with Crippen LogP contribution in [0.2, 0.25) is 0 Å². The maximum absolute atomic E-state index is 5.77. The molecular weight excluding hydrogens is 254 g/mol. The third-order valence-corrected chi connectivity index (χ3v) is 2.45. The van der Waals surface area contributed by atoms with Crippen molar-refractivity contribution < 1.29 is 0 Å². The molecular formula is C11H10BrN3. The summed E-state index contributed by atoms with van der Waals surface area (Å²) in [6, 6.07) is 9.74. The average molecular weight is 264 g/mol. The highest BCUT2D eigenvalue weighted by Crippen LogP contribution is 2.23. The summed E-state index contributed by atoms with van der Waals surface area (Å²) in [6.07, 6.45) is 3.33. The van der Waals surface area contributed by atoms with Crippen LogP contribution in [0.15, 0.2) is 47.2 Å². The van der Waals surface area contributed by atoms with E-state index in [0.717, 1.165) is 15.8 Å². The molecule has 3 N–H and O–H groups in total. The van der Waals surface area contributed by atoms with E-state index in [1.807, 2.05) is 30.3 Å². The van der Waals surface area contributed by atoms with Crippen LogP contribution in [0.4, 0.5) is 17.1 Å². The first-order valence-corrected chi connectivity index (χ1v) is 5.27. The van der Waals surface area contributed by atoms with Gasteiger partial charge in [-0.05, 0) is 24.3 Å².